The molecule has 194 valence electrons. The number of aromatic amines is 1. The summed E-state index contributed by atoms with van der Waals surface area (Å²) < 4.78 is 39.5. The van der Waals surface area contributed by atoms with Crippen LogP contribution in [0.25, 0.3) is 10.9 Å². The average Bonchev–Trinajstić information content (AvgIpc) is 3.40. The molecule has 3 aromatic carbocycles. The van der Waals surface area contributed by atoms with Crippen LogP contribution in [0.15, 0.2) is 77.8 Å². The Morgan fingerprint density at radius 3 is 2.71 bits per heavy atom. The maximum absolute atomic E-state index is 13.1. The SMILES string of the molecule is N#Cc1cc(S(=O)(=O)NC(=O)c2ccccc2Oc2ccc3[nH]ccc3c2)ccc1NCC1CCOCC1. The van der Waals surface area contributed by atoms with E-state index in [1.54, 1.807) is 30.3 Å². The van der Waals surface area contributed by atoms with Crippen molar-refractivity contribution >= 4 is 32.5 Å². The number of benzene rings is 3. The van der Waals surface area contributed by atoms with E-state index in [0.717, 1.165) is 23.7 Å². The highest BCUT2D eigenvalue weighted by Crippen LogP contribution is 2.28. The number of nitriles is 1. The van der Waals surface area contributed by atoms with Crippen molar-refractivity contribution in [1.82, 2.24) is 9.71 Å². The molecule has 1 aromatic heterocycles. The number of sulfonamides is 1. The second-order valence-electron chi connectivity index (χ2n) is 9.02. The number of fused-ring (bicyclic) bond motifs is 1. The predicted molar refractivity (Wildman–Crippen MR) is 143 cm³/mol. The summed E-state index contributed by atoms with van der Waals surface area (Å²) in [6.45, 7) is 2.09. The van der Waals surface area contributed by atoms with Crippen LogP contribution in [0.4, 0.5) is 5.69 Å². The Labute approximate surface area is 220 Å². The van der Waals surface area contributed by atoms with Crippen molar-refractivity contribution in [3.05, 3.63) is 84.1 Å². The van der Waals surface area contributed by atoms with Crippen LogP contribution >= 0.6 is 0 Å². The second kappa shape index (κ2) is 11.0. The number of hydrogen-bond donors (Lipinski definition) is 3. The van der Waals surface area contributed by atoms with E-state index in [1.807, 2.05) is 30.5 Å². The van der Waals surface area contributed by atoms with Crippen molar-refractivity contribution in [3.63, 3.8) is 0 Å². The van der Waals surface area contributed by atoms with Gasteiger partial charge in [0.15, 0.2) is 0 Å². The zero-order valence-electron chi connectivity index (χ0n) is 20.4. The average molecular weight is 531 g/mol. The number of H-pyrrole nitrogens is 1. The van der Waals surface area contributed by atoms with Crippen molar-refractivity contribution in [1.29, 1.82) is 5.26 Å². The van der Waals surface area contributed by atoms with Gasteiger partial charge in [-0.25, -0.2) is 13.1 Å². The third kappa shape index (κ3) is 5.64. The van der Waals surface area contributed by atoms with Gasteiger partial charge in [0.1, 0.15) is 17.6 Å². The van der Waals surface area contributed by atoms with Crippen LogP contribution in [0.1, 0.15) is 28.8 Å². The van der Waals surface area contributed by atoms with Crippen LogP contribution in [0.2, 0.25) is 0 Å². The zero-order valence-corrected chi connectivity index (χ0v) is 21.3. The number of amides is 1. The van der Waals surface area contributed by atoms with Gasteiger partial charge in [-0.1, -0.05) is 12.1 Å². The lowest BCUT2D eigenvalue weighted by molar-refractivity contribution is 0.0699. The summed E-state index contributed by atoms with van der Waals surface area (Å²) in [4.78, 5) is 16.0. The molecule has 5 rings (SSSR count). The summed E-state index contributed by atoms with van der Waals surface area (Å²) in [7, 11) is -4.26. The van der Waals surface area contributed by atoms with Crippen molar-refractivity contribution < 1.29 is 22.7 Å². The van der Waals surface area contributed by atoms with Crippen LogP contribution in [0.5, 0.6) is 11.5 Å². The molecule has 0 bridgehead atoms. The van der Waals surface area contributed by atoms with Gasteiger partial charge in [0.2, 0.25) is 0 Å². The van der Waals surface area contributed by atoms with Gasteiger partial charge in [0.05, 0.1) is 21.7 Å². The number of anilines is 1. The number of carbonyl (C=O) groups excluding carboxylic acids is 1. The standard InChI is InChI=1S/C28H26N4O5S/c29-17-21-16-23(6-8-26(21)31-18-19-10-13-36-14-11-19)38(34,35)32-28(33)24-3-1-2-4-27(24)37-22-5-7-25-20(15-22)9-12-30-25/h1-9,12,15-16,19,30-31H,10-11,13-14,18H2,(H,32,33). The quantitative estimate of drug-likeness (QED) is 0.298. The molecule has 0 aliphatic carbocycles. The summed E-state index contributed by atoms with van der Waals surface area (Å²) in [5.74, 6) is 0.289. The van der Waals surface area contributed by atoms with Gasteiger partial charge in [0.25, 0.3) is 15.9 Å². The smallest absolute Gasteiger partial charge is 0.268 e. The molecular weight excluding hydrogens is 504 g/mol. The molecule has 1 aliphatic heterocycles. The number of para-hydroxylation sites is 1. The third-order valence-corrected chi connectivity index (χ3v) is 7.78. The summed E-state index contributed by atoms with van der Waals surface area (Å²) >= 11 is 0. The predicted octanol–water partition coefficient (Wildman–Crippen LogP) is 4.79. The van der Waals surface area contributed by atoms with Gasteiger partial charge >= 0.3 is 0 Å². The summed E-state index contributed by atoms with van der Waals surface area (Å²) in [6, 6.07) is 19.9. The molecule has 1 fully saturated rings. The lowest BCUT2D eigenvalue weighted by Crippen LogP contribution is -2.31. The highest BCUT2D eigenvalue weighted by molar-refractivity contribution is 7.90. The molecule has 0 radical (unpaired) electrons. The van der Waals surface area contributed by atoms with E-state index < -0.39 is 15.9 Å². The second-order valence-corrected chi connectivity index (χ2v) is 10.7. The van der Waals surface area contributed by atoms with Crippen molar-refractivity contribution in [2.75, 3.05) is 25.1 Å². The van der Waals surface area contributed by atoms with E-state index in [2.05, 4.69) is 15.0 Å². The highest BCUT2D eigenvalue weighted by Gasteiger charge is 2.23. The number of nitrogens with one attached hydrogen (secondary N) is 3. The fraction of sp³-hybridized carbons (Fsp3) is 0.214. The van der Waals surface area contributed by atoms with E-state index in [4.69, 9.17) is 9.47 Å². The Bertz CT molecular complexity index is 1620. The number of carbonyl (C=O) groups is 1. The minimum Gasteiger partial charge on any atom is -0.457 e. The number of nitrogens with zero attached hydrogens (tertiary/aromatic N) is 1. The fourth-order valence-electron chi connectivity index (χ4n) is 4.34. The molecule has 4 aromatic rings. The van der Waals surface area contributed by atoms with Crippen LogP contribution in [-0.2, 0) is 14.8 Å². The molecule has 0 atom stereocenters. The van der Waals surface area contributed by atoms with Crippen molar-refractivity contribution in [3.8, 4) is 17.6 Å². The normalized spacial score (nSPS) is 14.1. The van der Waals surface area contributed by atoms with Gasteiger partial charge in [0, 0.05) is 36.9 Å². The molecule has 1 aliphatic rings. The first kappa shape index (κ1) is 25.3. The minimum absolute atomic E-state index is 0.0560. The Hall–Kier alpha value is -4.33. The maximum atomic E-state index is 13.1. The fourth-order valence-corrected chi connectivity index (χ4v) is 5.34. The number of rotatable bonds is 8. The van der Waals surface area contributed by atoms with Crippen LogP contribution in [0, 0.1) is 17.2 Å². The molecule has 1 saturated heterocycles. The summed E-state index contributed by atoms with van der Waals surface area (Å²) in [5, 5.41) is 13.8. The van der Waals surface area contributed by atoms with Gasteiger partial charge < -0.3 is 19.8 Å². The van der Waals surface area contributed by atoms with Crippen LogP contribution < -0.4 is 14.8 Å². The molecule has 10 heteroatoms. The van der Waals surface area contributed by atoms with Gasteiger partial charge in [-0.2, -0.15) is 5.26 Å². The molecule has 0 spiro atoms. The van der Waals surface area contributed by atoms with Gasteiger partial charge in [-0.15, -0.1) is 0 Å². The van der Waals surface area contributed by atoms with Gasteiger partial charge in [-0.3, -0.25) is 4.79 Å². The Kier molecular flexibility index (Phi) is 7.31. The van der Waals surface area contributed by atoms with Crippen molar-refractivity contribution in [2.24, 2.45) is 5.92 Å². The van der Waals surface area contributed by atoms with E-state index >= 15 is 0 Å². The third-order valence-electron chi connectivity index (χ3n) is 6.46. The first-order chi connectivity index (χ1) is 18.4. The van der Waals surface area contributed by atoms with Crippen molar-refractivity contribution in [2.45, 2.75) is 17.7 Å². The number of hydrogen-bond acceptors (Lipinski definition) is 7. The topological polar surface area (TPSA) is 133 Å². The number of aromatic nitrogens is 1. The first-order valence-electron chi connectivity index (χ1n) is 12.2. The Balaban J connectivity index is 1.31. The molecule has 0 saturated carbocycles. The Morgan fingerprint density at radius 2 is 1.89 bits per heavy atom. The molecule has 38 heavy (non-hydrogen) atoms. The van der Waals surface area contributed by atoms with Gasteiger partial charge in [-0.05, 0) is 73.4 Å². The minimum atomic E-state index is -4.26. The summed E-state index contributed by atoms with van der Waals surface area (Å²) in [5.41, 5.74) is 1.72. The van der Waals surface area contributed by atoms with Crippen LogP contribution in [-0.4, -0.2) is 39.1 Å². The Morgan fingerprint density at radius 1 is 1.08 bits per heavy atom. The van der Waals surface area contributed by atoms with E-state index in [0.29, 0.717) is 37.1 Å². The molecule has 9 nitrogen and oxygen atoms in total. The molecule has 0 unspecified atom stereocenters. The molecule has 3 N–H and O–H groups in total. The molecule has 2 heterocycles. The molecule has 1 amide bonds. The van der Waals surface area contributed by atoms with E-state index in [-0.39, 0.29) is 21.8 Å². The monoisotopic (exact) mass is 530 g/mol. The first-order valence-corrected chi connectivity index (χ1v) is 13.7. The number of ether oxygens (including phenoxy) is 2. The summed E-state index contributed by atoms with van der Waals surface area (Å²) in [6.07, 6.45) is 3.67. The lowest BCUT2D eigenvalue weighted by atomic mass is 10.0. The lowest BCUT2D eigenvalue weighted by Gasteiger charge is -2.23. The maximum Gasteiger partial charge on any atom is 0.268 e. The highest BCUT2D eigenvalue weighted by atomic mass is 32.2. The van der Waals surface area contributed by atoms with Crippen LogP contribution in [0.3, 0.4) is 0 Å². The largest absolute Gasteiger partial charge is 0.457 e. The zero-order chi connectivity index (χ0) is 26.5. The van der Waals surface area contributed by atoms with E-state index in [9.17, 15) is 18.5 Å². The van der Waals surface area contributed by atoms with E-state index in [1.165, 1.54) is 18.2 Å². The molecular formula is C28H26N4O5S.